The highest BCUT2D eigenvalue weighted by molar-refractivity contribution is 6.30. The zero-order valence-corrected chi connectivity index (χ0v) is 9.39. The molecule has 0 radical (unpaired) electrons. The Balaban J connectivity index is 2.80. The normalized spacial score (nSPS) is 15.0. The third-order valence-corrected chi connectivity index (χ3v) is 2.50. The first kappa shape index (κ1) is 12.4. The molecular formula is C11H15ClFNO. The summed E-state index contributed by atoms with van der Waals surface area (Å²) >= 11 is 5.63. The van der Waals surface area contributed by atoms with Crippen LogP contribution in [0.2, 0.25) is 5.02 Å². The van der Waals surface area contributed by atoms with Gasteiger partial charge in [0.05, 0.1) is 5.60 Å². The summed E-state index contributed by atoms with van der Waals surface area (Å²) < 4.78 is 13.4. The third-order valence-electron chi connectivity index (χ3n) is 2.27. The molecule has 0 fully saturated rings. The van der Waals surface area contributed by atoms with E-state index in [1.54, 1.807) is 19.1 Å². The Hall–Kier alpha value is -0.640. The van der Waals surface area contributed by atoms with Gasteiger partial charge in [-0.05, 0) is 37.6 Å². The first-order valence-electron chi connectivity index (χ1n) is 4.81. The molecule has 15 heavy (non-hydrogen) atoms. The molecule has 0 saturated heterocycles. The number of aliphatic hydroxyl groups is 1. The van der Waals surface area contributed by atoms with E-state index < -0.39 is 5.60 Å². The molecule has 4 heteroatoms. The Bertz CT molecular complexity index is 341. The molecule has 0 spiro atoms. The van der Waals surface area contributed by atoms with Gasteiger partial charge in [-0.1, -0.05) is 17.7 Å². The quantitative estimate of drug-likeness (QED) is 0.834. The Morgan fingerprint density at radius 2 is 2.20 bits per heavy atom. The van der Waals surface area contributed by atoms with E-state index in [0.29, 0.717) is 23.6 Å². The van der Waals surface area contributed by atoms with Crippen molar-refractivity contribution in [3.8, 4) is 0 Å². The van der Waals surface area contributed by atoms with Crippen LogP contribution in [0.15, 0.2) is 18.2 Å². The van der Waals surface area contributed by atoms with Gasteiger partial charge in [0.15, 0.2) is 0 Å². The monoisotopic (exact) mass is 231 g/mol. The van der Waals surface area contributed by atoms with Gasteiger partial charge < -0.3 is 10.8 Å². The number of rotatable bonds is 4. The molecule has 0 aliphatic rings. The Morgan fingerprint density at radius 1 is 1.53 bits per heavy atom. The first-order chi connectivity index (χ1) is 6.94. The minimum absolute atomic E-state index is 0.243. The molecule has 1 unspecified atom stereocenters. The van der Waals surface area contributed by atoms with Crippen LogP contribution in [-0.4, -0.2) is 17.3 Å². The van der Waals surface area contributed by atoms with Crippen LogP contribution < -0.4 is 5.73 Å². The zero-order chi connectivity index (χ0) is 11.5. The van der Waals surface area contributed by atoms with Crippen molar-refractivity contribution in [3.05, 3.63) is 34.6 Å². The maximum atomic E-state index is 13.4. The number of halogens is 2. The topological polar surface area (TPSA) is 46.2 Å². The molecule has 1 aromatic carbocycles. The molecule has 3 N–H and O–H groups in total. The minimum atomic E-state index is -0.969. The van der Waals surface area contributed by atoms with Gasteiger partial charge in [-0.25, -0.2) is 4.39 Å². The van der Waals surface area contributed by atoms with Gasteiger partial charge in [0.25, 0.3) is 0 Å². The van der Waals surface area contributed by atoms with Crippen molar-refractivity contribution < 1.29 is 9.50 Å². The van der Waals surface area contributed by atoms with Crippen molar-refractivity contribution in [3.63, 3.8) is 0 Å². The number of nitrogens with two attached hydrogens (primary N) is 1. The summed E-state index contributed by atoms with van der Waals surface area (Å²) in [5.74, 6) is -0.389. The van der Waals surface area contributed by atoms with Gasteiger partial charge in [0.2, 0.25) is 0 Å². The Morgan fingerprint density at radius 3 is 2.73 bits per heavy atom. The largest absolute Gasteiger partial charge is 0.390 e. The lowest BCUT2D eigenvalue weighted by atomic mass is 9.93. The smallest absolute Gasteiger partial charge is 0.127 e. The number of benzene rings is 1. The van der Waals surface area contributed by atoms with Crippen molar-refractivity contribution in [2.24, 2.45) is 5.73 Å². The minimum Gasteiger partial charge on any atom is -0.390 e. The van der Waals surface area contributed by atoms with E-state index in [2.05, 4.69) is 0 Å². The molecular weight excluding hydrogens is 217 g/mol. The van der Waals surface area contributed by atoms with Crippen LogP contribution in [-0.2, 0) is 6.42 Å². The predicted molar refractivity (Wildman–Crippen MR) is 59.4 cm³/mol. The highest BCUT2D eigenvalue weighted by Gasteiger charge is 2.21. The summed E-state index contributed by atoms with van der Waals surface area (Å²) in [6.45, 7) is 2.02. The molecule has 0 aliphatic carbocycles. The summed E-state index contributed by atoms with van der Waals surface area (Å²) in [5, 5.41) is 10.2. The zero-order valence-electron chi connectivity index (χ0n) is 8.63. The SMILES string of the molecule is CC(O)(CCN)Cc1ccc(Cl)cc1F. The molecule has 1 rings (SSSR count). The van der Waals surface area contributed by atoms with Crippen molar-refractivity contribution >= 4 is 11.6 Å². The lowest BCUT2D eigenvalue weighted by molar-refractivity contribution is 0.0530. The van der Waals surface area contributed by atoms with E-state index in [9.17, 15) is 9.50 Å². The summed E-state index contributed by atoms with van der Waals surface area (Å²) in [6, 6.07) is 4.44. The highest BCUT2D eigenvalue weighted by atomic mass is 35.5. The molecule has 1 aromatic rings. The second-order valence-electron chi connectivity index (χ2n) is 3.95. The average Bonchev–Trinajstić information content (AvgIpc) is 2.09. The van der Waals surface area contributed by atoms with Crippen LogP contribution in [0.5, 0.6) is 0 Å². The van der Waals surface area contributed by atoms with Crippen LogP contribution in [0.25, 0.3) is 0 Å². The van der Waals surface area contributed by atoms with Crippen LogP contribution >= 0.6 is 11.6 Å². The van der Waals surface area contributed by atoms with Gasteiger partial charge in [-0.15, -0.1) is 0 Å². The van der Waals surface area contributed by atoms with Crippen molar-refractivity contribution in [2.45, 2.75) is 25.4 Å². The maximum Gasteiger partial charge on any atom is 0.127 e. The van der Waals surface area contributed by atoms with E-state index >= 15 is 0 Å². The lowest BCUT2D eigenvalue weighted by Crippen LogP contribution is -2.30. The molecule has 0 aromatic heterocycles. The van der Waals surface area contributed by atoms with Gasteiger partial charge in [-0.2, -0.15) is 0 Å². The van der Waals surface area contributed by atoms with E-state index in [-0.39, 0.29) is 12.2 Å². The van der Waals surface area contributed by atoms with Crippen molar-refractivity contribution in [2.75, 3.05) is 6.54 Å². The fourth-order valence-electron chi connectivity index (χ4n) is 1.47. The molecule has 2 nitrogen and oxygen atoms in total. The fourth-order valence-corrected chi connectivity index (χ4v) is 1.63. The molecule has 84 valence electrons. The van der Waals surface area contributed by atoms with Gasteiger partial charge in [0, 0.05) is 11.4 Å². The van der Waals surface area contributed by atoms with Crippen molar-refractivity contribution in [1.82, 2.24) is 0 Å². The summed E-state index contributed by atoms with van der Waals surface area (Å²) in [6.07, 6.45) is 0.683. The standard InChI is InChI=1S/C11H15ClFNO/c1-11(15,4-5-14)7-8-2-3-9(12)6-10(8)13/h2-3,6,15H,4-5,7,14H2,1H3. The first-order valence-corrected chi connectivity index (χ1v) is 5.19. The lowest BCUT2D eigenvalue weighted by Gasteiger charge is -2.22. The Labute approximate surface area is 93.9 Å². The van der Waals surface area contributed by atoms with Crippen LogP contribution in [0, 0.1) is 5.82 Å². The second kappa shape index (κ2) is 4.92. The molecule has 0 saturated carbocycles. The van der Waals surface area contributed by atoms with E-state index in [0.717, 1.165) is 0 Å². The maximum absolute atomic E-state index is 13.4. The summed E-state index contributed by atoms with van der Waals surface area (Å²) in [4.78, 5) is 0. The average molecular weight is 232 g/mol. The van der Waals surface area contributed by atoms with E-state index in [4.69, 9.17) is 17.3 Å². The predicted octanol–water partition coefficient (Wildman–Crippen LogP) is 2.12. The van der Waals surface area contributed by atoms with E-state index in [1.807, 2.05) is 0 Å². The highest BCUT2D eigenvalue weighted by Crippen LogP contribution is 2.21. The van der Waals surface area contributed by atoms with Crippen LogP contribution in [0.3, 0.4) is 0 Å². The molecule has 0 amide bonds. The second-order valence-corrected chi connectivity index (χ2v) is 4.38. The third kappa shape index (κ3) is 3.78. The number of hydrogen-bond acceptors (Lipinski definition) is 2. The molecule has 1 atom stereocenters. The summed E-state index contributed by atoms with van der Waals surface area (Å²) in [5.41, 5.74) is 4.84. The van der Waals surface area contributed by atoms with Gasteiger partial charge in [0.1, 0.15) is 5.82 Å². The molecule has 0 heterocycles. The molecule has 0 bridgehead atoms. The van der Waals surface area contributed by atoms with Crippen LogP contribution in [0.1, 0.15) is 18.9 Å². The van der Waals surface area contributed by atoms with Crippen molar-refractivity contribution in [1.29, 1.82) is 0 Å². The molecule has 0 aliphatic heterocycles. The fraction of sp³-hybridized carbons (Fsp3) is 0.455. The Kier molecular flexibility index (Phi) is 4.08. The van der Waals surface area contributed by atoms with Gasteiger partial charge >= 0.3 is 0 Å². The number of hydrogen-bond donors (Lipinski definition) is 2. The van der Waals surface area contributed by atoms with E-state index in [1.165, 1.54) is 6.07 Å². The van der Waals surface area contributed by atoms with Gasteiger partial charge in [-0.3, -0.25) is 0 Å². The summed E-state index contributed by atoms with van der Waals surface area (Å²) in [7, 11) is 0. The van der Waals surface area contributed by atoms with Crippen LogP contribution in [0.4, 0.5) is 4.39 Å².